The number of rotatable bonds is 2. The lowest BCUT2D eigenvalue weighted by Gasteiger charge is -2.37. The van der Waals surface area contributed by atoms with E-state index in [2.05, 4.69) is 22.6 Å². The molecule has 0 aromatic heterocycles. The zero-order valence-electron chi connectivity index (χ0n) is 10.5. The number of aliphatic hydroxyl groups excluding tert-OH is 1. The first kappa shape index (κ1) is 15.0. The van der Waals surface area contributed by atoms with Crippen LogP contribution in [0.15, 0.2) is 18.2 Å². The lowest BCUT2D eigenvalue weighted by Crippen LogP contribution is -2.52. The Morgan fingerprint density at radius 3 is 3.05 bits per heavy atom. The first-order valence-corrected chi connectivity index (χ1v) is 7.47. The highest BCUT2D eigenvalue weighted by Gasteiger charge is 2.30. The first-order chi connectivity index (χ1) is 9.02. The maximum Gasteiger partial charge on any atom is 0.255 e. The molecular weight excluding hydrogens is 381 g/mol. The molecule has 1 aliphatic rings. The van der Waals surface area contributed by atoms with E-state index in [1.807, 2.05) is 13.0 Å². The van der Waals surface area contributed by atoms with E-state index >= 15 is 0 Å². The molecule has 0 aliphatic carbocycles. The van der Waals surface area contributed by atoms with E-state index in [4.69, 9.17) is 21.4 Å². The number of nitrogens with zero attached hydrogens (tertiary/aromatic N) is 1. The lowest BCUT2D eigenvalue weighted by molar-refractivity contribution is -0.0667. The number of carbonyl (C=O) groups excluding carboxylic acids is 1. The summed E-state index contributed by atoms with van der Waals surface area (Å²) < 4.78 is 6.30. The maximum atomic E-state index is 12.6. The van der Waals surface area contributed by atoms with Gasteiger partial charge in [-0.1, -0.05) is 11.6 Å². The van der Waals surface area contributed by atoms with Crippen LogP contribution in [0.2, 0.25) is 5.02 Å². The fourth-order valence-corrected chi connectivity index (χ4v) is 2.77. The number of hydrogen-bond acceptors (Lipinski definition) is 3. The summed E-state index contributed by atoms with van der Waals surface area (Å²) in [5.74, 6) is -0.0684. The van der Waals surface area contributed by atoms with Gasteiger partial charge in [-0.05, 0) is 47.7 Å². The van der Waals surface area contributed by atoms with Crippen molar-refractivity contribution in [2.24, 2.45) is 0 Å². The highest BCUT2D eigenvalue weighted by atomic mass is 127. The summed E-state index contributed by atoms with van der Waals surface area (Å²) in [6.07, 6.45) is -0.308. The van der Waals surface area contributed by atoms with Crippen LogP contribution in [0, 0.1) is 3.57 Å². The molecule has 1 aliphatic heterocycles. The largest absolute Gasteiger partial charge is 0.394 e. The molecule has 0 radical (unpaired) electrons. The molecule has 2 atom stereocenters. The summed E-state index contributed by atoms with van der Waals surface area (Å²) in [4.78, 5) is 14.3. The van der Waals surface area contributed by atoms with Crippen LogP contribution in [-0.4, -0.2) is 47.8 Å². The predicted octanol–water partition coefficient (Wildman–Crippen LogP) is 2.17. The summed E-state index contributed by atoms with van der Waals surface area (Å²) in [7, 11) is 0. The molecule has 6 heteroatoms. The van der Waals surface area contributed by atoms with E-state index in [0.717, 1.165) is 3.57 Å². The minimum absolute atomic E-state index is 0.00918. The first-order valence-electron chi connectivity index (χ1n) is 6.01. The van der Waals surface area contributed by atoms with Crippen LogP contribution in [0.5, 0.6) is 0 Å². The summed E-state index contributed by atoms with van der Waals surface area (Å²) in [6, 6.07) is 5.26. The Morgan fingerprint density at radius 2 is 2.37 bits per heavy atom. The third kappa shape index (κ3) is 3.39. The predicted molar refractivity (Wildman–Crippen MR) is 81.5 cm³/mol. The van der Waals surface area contributed by atoms with E-state index in [9.17, 15) is 4.79 Å². The average Bonchev–Trinajstić information content (AvgIpc) is 2.41. The van der Waals surface area contributed by atoms with Gasteiger partial charge in [0.2, 0.25) is 0 Å². The highest BCUT2D eigenvalue weighted by Crippen LogP contribution is 2.22. The van der Waals surface area contributed by atoms with Crippen molar-refractivity contribution in [2.75, 3.05) is 19.8 Å². The van der Waals surface area contributed by atoms with Gasteiger partial charge in [0.05, 0.1) is 30.9 Å². The number of amides is 1. The van der Waals surface area contributed by atoms with Crippen molar-refractivity contribution >= 4 is 40.1 Å². The number of carbonyl (C=O) groups is 1. The second-order valence-electron chi connectivity index (χ2n) is 4.57. The SMILES string of the molecule is CC1COC(CO)CN1C(=O)c1cc(Cl)ccc1I. The Kier molecular flexibility index (Phi) is 5.05. The van der Waals surface area contributed by atoms with Crippen LogP contribution in [-0.2, 0) is 4.74 Å². The third-order valence-corrected chi connectivity index (χ3v) is 4.30. The van der Waals surface area contributed by atoms with Crippen molar-refractivity contribution in [1.29, 1.82) is 0 Å². The Hall–Kier alpha value is -0.370. The molecule has 1 aromatic carbocycles. The Morgan fingerprint density at radius 1 is 1.63 bits per heavy atom. The van der Waals surface area contributed by atoms with Crippen molar-refractivity contribution < 1.29 is 14.6 Å². The van der Waals surface area contributed by atoms with Crippen molar-refractivity contribution in [1.82, 2.24) is 4.90 Å². The molecule has 4 nitrogen and oxygen atoms in total. The van der Waals surface area contributed by atoms with E-state index in [1.165, 1.54) is 0 Å². The zero-order chi connectivity index (χ0) is 14.0. The molecule has 1 saturated heterocycles. The van der Waals surface area contributed by atoms with E-state index in [-0.39, 0.29) is 24.7 Å². The molecule has 2 unspecified atom stereocenters. The number of benzene rings is 1. The molecule has 1 heterocycles. The van der Waals surface area contributed by atoms with Crippen molar-refractivity contribution in [3.8, 4) is 0 Å². The quantitative estimate of drug-likeness (QED) is 0.781. The standard InChI is InChI=1S/C13H15ClINO3/c1-8-7-19-10(6-17)5-16(8)13(18)11-4-9(14)2-3-12(11)15/h2-4,8,10,17H,5-7H2,1H3. The van der Waals surface area contributed by atoms with Crippen molar-refractivity contribution in [3.63, 3.8) is 0 Å². The third-order valence-electron chi connectivity index (χ3n) is 3.13. The molecule has 1 N–H and O–H groups in total. The van der Waals surface area contributed by atoms with Gasteiger partial charge in [-0.25, -0.2) is 0 Å². The van der Waals surface area contributed by atoms with Gasteiger partial charge in [-0.2, -0.15) is 0 Å². The molecule has 0 saturated carbocycles. The number of morpholine rings is 1. The van der Waals surface area contributed by atoms with Gasteiger partial charge in [-0.15, -0.1) is 0 Å². The number of hydrogen-bond donors (Lipinski definition) is 1. The van der Waals surface area contributed by atoms with Gasteiger partial charge >= 0.3 is 0 Å². The van der Waals surface area contributed by atoms with Gasteiger partial charge in [-0.3, -0.25) is 4.79 Å². The van der Waals surface area contributed by atoms with Crippen molar-refractivity contribution in [2.45, 2.75) is 19.1 Å². The summed E-state index contributed by atoms with van der Waals surface area (Å²) in [5.41, 5.74) is 0.596. The summed E-state index contributed by atoms with van der Waals surface area (Å²) in [5, 5.41) is 9.71. The van der Waals surface area contributed by atoms with Crippen LogP contribution < -0.4 is 0 Å². The Labute approximate surface area is 130 Å². The average molecular weight is 396 g/mol. The molecule has 1 amide bonds. The Balaban J connectivity index is 2.24. The minimum Gasteiger partial charge on any atom is -0.394 e. The maximum absolute atomic E-state index is 12.6. The molecular formula is C13H15ClINO3. The topological polar surface area (TPSA) is 49.8 Å². The van der Waals surface area contributed by atoms with Gasteiger partial charge < -0.3 is 14.7 Å². The molecule has 0 bridgehead atoms. The molecule has 19 heavy (non-hydrogen) atoms. The normalized spacial score (nSPS) is 23.5. The minimum atomic E-state index is -0.308. The van der Waals surface area contributed by atoms with Crippen molar-refractivity contribution in [3.05, 3.63) is 32.4 Å². The zero-order valence-corrected chi connectivity index (χ0v) is 13.4. The van der Waals surface area contributed by atoms with E-state index in [0.29, 0.717) is 23.7 Å². The summed E-state index contributed by atoms with van der Waals surface area (Å²) in [6.45, 7) is 2.69. The number of ether oxygens (including phenoxy) is 1. The lowest BCUT2D eigenvalue weighted by atomic mass is 10.1. The van der Waals surface area contributed by atoms with Gasteiger partial charge in [0.1, 0.15) is 0 Å². The number of aliphatic hydroxyl groups is 1. The van der Waals surface area contributed by atoms with E-state index < -0.39 is 0 Å². The number of halogens is 2. The van der Waals surface area contributed by atoms with Gasteiger partial charge in [0.15, 0.2) is 0 Å². The molecule has 2 rings (SSSR count). The van der Waals surface area contributed by atoms with Crippen LogP contribution in [0.4, 0.5) is 0 Å². The second-order valence-corrected chi connectivity index (χ2v) is 6.17. The molecule has 104 valence electrons. The van der Waals surface area contributed by atoms with Crippen LogP contribution in [0.1, 0.15) is 17.3 Å². The highest BCUT2D eigenvalue weighted by molar-refractivity contribution is 14.1. The summed E-state index contributed by atoms with van der Waals surface area (Å²) >= 11 is 8.08. The van der Waals surface area contributed by atoms with Crippen LogP contribution >= 0.6 is 34.2 Å². The van der Waals surface area contributed by atoms with E-state index in [1.54, 1.807) is 17.0 Å². The van der Waals surface area contributed by atoms with Gasteiger partial charge in [0.25, 0.3) is 5.91 Å². The Bertz CT molecular complexity index is 483. The second kappa shape index (κ2) is 6.39. The van der Waals surface area contributed by atoms with Crippen LogP contribution in [0.3, 0.4) is 0 Å². The molecule has 1 fully saturated rings. The van der Waals surface area contributed by atoms with Gasteiger partial charge in [0, 0.05) is 15.1 Å². The smallest absolute Gasteiger partial charge is 0.255 e. The fourth-order valence-electron chi connectivity index (χ4n) is 2.03. The molecule has 1 aromatic rings. The molecule has 0 spiro atoms. The van der Waals surface area contributed by atoms with Crippen LogP contribution in [0.25, 0.3) is 0 Å². The fraction of sp³-hybridized carbons (Fsp3) is 0.462. The monoisotopic (exact) mass is 395 g/mol.